The minimum absolute atomic E-state index is 0.0529. The topological polar surface area (TPSA) is 123 Å². The smallest absolute Gasteiger partial charge is 0.244 e. The van der Waals surface area contributed by atoms with E-state index in [0.29, 0.717) is 22.4 Å². The fourth-order valence-corrected chi connectivity index (χ4v) is 3.66. The van der Waals surface area contributed by atoms with Crippen LogP contribution in [0.1, 0.15) is 5.76 Å². The summed E-state index contributed by atoms with van der Waals surface area (Å²) >= 11 is 1.13. The van der Waals surface area contributed by atoms with Gasteiger partial charge in [0.25, 0.3) is 0 Å². The highest BCUT2D eigenvalue weighted by atomic mass is 32.2. The van der Waals surface area contributed by atoms with Gasteiger partial charge in [-0.15, -0.1) is 10.2 Å². The number of aryl methyl sites for hydroxylation is 1. The third-order valence-corrected chi connectivity index (χ3v) is 6.09. The molecule has 0 unspecified atom stereocenters. The molecular formula is C14H16N6O4S2. The number of carbonyl (C=O) groups is 1. The summed E-state index contributed by atoms with van der Waals surface area (Å²) in [5.74, 6) is 0.680. The van der Waals surface area contributed by atoms with Gasteiger partial charge in [-0.3, -0.25) is 9.20 Å². The van der Waals surface area contributed by atoms with E-state index >= 15 is 0 Å². The molecule has 0 atom stereocenters. The fraction of sp³-hybridized carbons (Fsp3) is 0.286. The molecule has 12 heteroatoms. The third-order valence-electron chi connectivity index (χ3n) is 3.35. The van der Waals surface area contributed by atoms with Crippen molar-refractivity contribution < 1.29 is 17.7 Å². The lowest BCUT2D eigenvalue weighted by atomic mass is 10.5. The normalized spacial score (nSPS) is 12.0. The van der Waals surface area contributed by atoms with Gasteiger partial charge in [-0.1, -0.05) is 16.9 Å². The molecule has 0 aliphatic heterocycles. The minimum Gasteiger partial charge on any atom is -0.360 e. The summed E-state index contributed by atoms with van der Waals surface area (Å²) < 4.78 is 32.1. The Balaban J connectivity index is 1.77. The minimum atomic E-state index is -3.58. The van der Waals surface area contributed by atoms with Crippen molar-refractivity contribution in [1.82, 2.24) is 24.1 Å². The second kappa shape index (κ2) is 7.05. The Labute approximate surface area is 153 Å². The molecular weight excluding hydrogens is 380 g/mol. The van der Waals surface area contributed by atoms with Crippen LogP contribution >= 0.6 is 11.8 Å². The van der Waals surface area contributed by atoms with Crippen LogP contribution in [0.4, 0.5) is 5.82 Å². The number of fused-ring (bicyclic) bond motifs is 1. The average Bonchev–Trinajstić information content (AvgIpc) is 3.18. The van der Waals surface area contributed by atoms with E-state index in [1.807, 2.05) is 0 Å². The standard InChI is InChI=1S/C14H16N6O4S2/c1-9-6-11(18-24-9)15-13(21)8-25-14-17-16-12-5-4-10(7-20(12)14)26(22,23)19(2)3/h4-7H,8H2,1-3H3,(H,15,18,21). The Morgan fingerprint density at radius 3 is 2.77 bits per heavy atom. The summed E-state index contributed by atoms with van der Waals surface area (Å²) in [5, 5.41) is 14.7. The van der Waals surface area contributed by atoms with Crippen molar-refractivity contribution in [2.45, 2.75) is 17.0 Å². The monoisotopic (exact) mass is 396 g/mol. The van der Waals surface area contributed by atoms with Crippen LogP contribution in [0.5, 0.6) is 0 Å². The number of amides is 1. The molecule has 0 spiro atoms. The number of rotatable bonds is 6. The van der Waals surface area contributed by atoms with Gasteiger partial charge in [0, 0.05) is 26.4 Å². The summed E-state index contributed by atoms with van der Waals surface area (Å²) in [6.07, 6.45) is 1.44. The van der Waals surface area contributed by atoms with Crippen LogP contribution in [0.3, 0.4) is 0 Å². The molecule has 26 heavy (non-hydrogen) atoms. The highest BCUT2D eigenvalue weighted by molar-refractivity contribution is 7.99. The molecule has 0 fully saturated rings. The predicted octanol–water partition coefficient (Wildman–Crippen LogP) is 1.01. The maximum Gasteiger partial charge on any atom is 0.244 e. The van der Waals surface area contributed by atoms with Crippen LogP contribution in [0, 0.1) is 6.92 Å². The first-order valence-electron chi connectivity index (χ1n) is 7.40. The summed E-state index contributed by atoms with van der Waals surface area (Å²) in [6.45, 7) is 1.72. The molecule has 0 aliphatic carbocycles. The molecule has 0 saturated heterocycles. The summed E-state index contributed by atoms with van der Waals surface area (Å²) in [4.78, 5) is 12.1. The number of pyridine rings is 1. The Morgan fingerprint density at radius 2 is 2.12 bits per heavy atom. The fourth-order valence-electron chi connectivity index (χ4n) is 2.05. The van der Waals surface area contributed by atoms with Crippen molar-refractivity contribution in [3.05, 3.63) is 30.2 Å². The number of sulfonamides is 1. The molecule has 0 bridgehead atoms. The van der Waals surface area contributed by atoms with E-state index in [1.54, 1.807) is 19.1 Å². The molecule has 3 rings (SSSR count). The highest BCUT2D eigenvalue weighted by Gasteiger charge is 2.19. The van der Waals surface area contributed by atoms with Crippen LogP contribution in [-0.2, 0) is 14.8 Å². The lowest BCUT2D eigenvalue weighted by molar-refractivity contribution is -0.113. The number of thioether (sulfide) groups is 1. The molecule has 3 aromatic rings. The van der Waals surface area contributed by atoms with E-state index in [9.17, 15) is 13.2 Å². The molecule has 138 valence electrons. The molecule has 10 nitrogen and oxygen atoms in total. The zero-order valence-corrected chi connectivity index (χ0v) is 15.8. The number of nitrogens with one attached hydrogen (secondary N) is 1. The van der Waals surface area contributed by atoms with Crippen molar-refractivity contribution in [2.24, 2.45) is 0 Å². The van der Waals surface area contributed by atoms with Gasteiger partial charge in [0.05, 0.1) is 10.6 Å². The lowest BCUT2D eigenvalue weighted by Gasteiger charge is -2.11. The van der Waals surface area contributed by atoms with Crippen molar-refractivity contribution in [3.8, 4) is 0 Å². The second-order valence-electron chi connectivity index (χ2n) is 5.52. The largest absolute Gasteiger partial charge is 0.360 e. The van der Waals surface area contributed by atoms with Gasteiger partial charge in [0.1, 0.15) is 5.76 Å². The maximum atomic E-state index is 12.3. The molecule has 1 N–H and O–H groups in total. The number of anilines is 1. The zero-order chi connectivity index (χ0) is 18.9. The Hall–Kier alpha value is -2.44. The SMILES string of the molecule is Cc1cc(NC(=O)CSc2nnc3ccc(S(=O)(=O)N(C)C)cn23)no1. The zero-order valence-electron chi connectivity index (χ0n) is 14.2. The van der Waals surface area contributed by atoms with E-state index in [-0.39, 0.29) is 16.6 Å². The first-order valence-corrected chi connectivity index (χ1v) is 9.83. The van der Waals surface area contributed by atoms with Crippen LogP contribution in [0.25, 0.3) is 5.65 Å². The molecule has 0 radical (unpaired) electrons. The second-order valence-corrected chi connectivity index (χ2v) is 8.62. The third kappa shape index (κ3) is 3.71. The predicted molar refractivity (Wildman–Crippen MR) is 94.5 cm³/mol. The molecule has 0 aromatic carbocycles. The van der Waals surface area contributed by atoms with E-state index in [2.05, 4.69) is 20.7 Å². The first-order chi connectivity index (χ1) is 12.3. The molecule has 1 amide bonds. The quantitative estimate of drug-likeness (QED) is 0.612. The highest BCUT2D eigenvalue weighted by Crippen LogP contribution is 2.20. The number of hydrogen-bond acceptors (Lipinski definition) is 8. The average molecular weight is 396 g/mol. The summed E-state index contributed by atoms with van der Waals surface area (Å²) in [7, 11) is -0.672. The summed E-state index contributed by atoms with van der Waals surface area (Å²) in [6, 6.07) is 4.63. The maximum absolute atomic E-state index is 12.3. The number of aromatic nitrogens is 4. The van der Waals surface area contributed by atoms with Gasteiger partial charge in [0.15, 0.2) is 16.6 Å². The van der Waals surface area contributed by atoms with Crippen LogP contribution in [0.2, 0.25) is 0 Å². The lowest BCUT2D eigenvalue weighted by Crippen LogP contribution is -2.22. The van der Waals surface area contributed by atoms with Crippen LogP contribution < -0.4 is 5.32 Å². The first kappa shape index (κ1) is 18.4. The molecule has 3 aromatic heterocycles. The van der Waals surface area contributed by atoms with Crippen molar-refractivity contribution in [3.63, 3.8) is 0 Å². The molecule has 0 saturated carbocycles. The number of carbonyl (C=O) groups excluding carboxylic acids is 1. The van der Waals surface area contributed by atoms with E-state index in [1.165, 1.54) is 30.8 Å². The van der Waals surface area contributed by atoms with E-state index in [4.69, 9.17) is 4.52 Å². The van der Waals surface area contributed by atoms with Crippen LogP contribution in [0.15, 0.2) is 39.0 Å². The van der Waals surface area contributed by atoms with Gasteiger partial charge in [0.2, 0.25) is 15.9 Å². The van der Waals surface area contributed by atoms with Gasteiger partial charge in [-0.25, -0.2) is 12.7 Å². The number of nitrogens with zero attached hydrogens (tertiary/aromatic N) is 5. The van der Waals surface area contributed by atoms with Gasteiger partial charge in [-0.05, 0) is 19.1 Å². The molecule has 3 heterocycles. The number of hydrogen-bond donors (Lipinski definition) is 1. The van der Waals surface area contributed by atoms with E-state index < -0.39 is 10.0 Å². The van der Waals surface area contributed by atoms with Gasteiger partial charge in [-0.2, -0.15) is 0 Å². The Bertz CT molecular complexity index is 1060. The van der Waals surface area contributed by atoms with Gasteiger partial charge >= 0.3 is 0 Å². The van der Waals surface area contributed by atoms with Crippen LogP contribution in [-0.4, -0.2) is 58.2 Å². The van der Waals surface area contributed by atoms with E-state index in [0.717, 1.165) is 16.1 Å². The van der Waals surface area contributed by atoms with Crippen molar-refractivity contribution in [1.29, 1.82) is 0 Å². The van der Waals surface area contributed by atoms with Crippen molar-refractivity contribution in [2.75, 3.05) is 25.2 Å². The summed E-state index contributed by atoms with van der Waals surface area (Å²) in [5.41, 5.74) is 0.484. The van der Waals surface area contributed by atoms with Crippen molar-refractivity contribution >= 4 is 39.2 Å². The Morgan fingerprint density at radius 1 is 1.35 bits per heavy atom. The van der Waals surface area contributed by atoms with Gasteiger partial charge < -0.3 is 9.84 Å². The Kier molecular flexibility index (Phi) is 4.98. The molecule has 0 aliphatic rings.